The Kier molecular flexibility index (Phi) is 5.79. The highest BCUT2D eigenvalue weighted by atomic mass is 32.1. The van der Waals surface area contributed by atoms with Crippen molar-refractivity contribution in [2.24, 2.45) is 0 Å². The number of hydrogen-bond donors (Lipinski definition) is 0. The highest BCUT2D eigenvalue weighted by Crippen LogP contribution is 2.29. The number of pyridine rings is 2. The van der Waals surface area contributed by atoms with Gasteiger partial charge in [-0.3, -0.25) is 9.20 Å². The van der Waals surface area contributed by atoms with Crippen molar-refractivity contribution in [3.8, 4) is 11.1 Å². The number of likely N-dealkylation sites (N-methyl/N-ethyl adjacent to an activating group) is 1. The minimum atomic E-state index is -0.444. The van der Waals surface area contributed by atoms with Crippen LogP contribution in [0.25, 0.3) is 26.7 Å². The second-order valence-corrected chi connectivity index (χ2v) is 8.13. The number of rotatable bonds is 6. The van der Waals surface area contributed by atoms with Crippen molar-refractivity contribution in [2.45, 2.75) is 0 Å². The minimum Gasteiger partial charge on any atom is -0.458 e. The van der Waals surface area contributed by atoms with Crippen molar-refractivity contribution in [1.82, 2.24) is 9.30 Å². The summed E-state index contributed by atoms with van der Waals surface area (Å²) >= 11 is 1.51. The number of carbonyl (C=O) groups is 1. The summed E-state index contributed by atoms with van der Waals surface area (Å²) < 4.78 is 7.97. The van der Waals surface area contributed by atoms with E-state index < -0.39 is 5.97 Å². The van der Waals surface area contributed by atoms with Crippen LogP contribution in [0, 0.1) is 0 Å². The van der Waals surface area contributed by atoms with E-state index in [1.165, 1.54) is 11.3 Å². The molecule has 0 aliphatic rings. The number of nitrogens with zero attached hydrogens (tertiary/aromatic N) is 2. The summed E-state index contributed by atoms with van der Waals surface area (Å²) in [6, 6.07) is 14.9. The maximum Gasteiger partial charge on any atom is 0.340 e. The Morgan fingerprint density at radius 2 is 1.93 bits per heavy atom. The van der Waals surface area contributed by atoms with E-state index >= 15 is 0 Å². The number of thiophene rings is 1. The molecule has 4 aromatic rings. The fourth-order valence-electron chi connectivity index (χ4n) is 3.34. The van der Waals surface area contributed by atoms with Gasteiger partial charge in [-0.1, -0.05) is 36.4 Å². The molecule has 0 aliphatic carbocycles. The molecule has 152 valence electrons. The Labute approximate surface area is 178 Å². The van der Waals surface area contributed by atoms with Gasteiger partial charge < -0.3 is 9.64 Å². The fourth-order valence-corrected chi connectivity index (χ4v) is 4.29. The van der Waals surface area contributed by atoms with E-state index in [0.717, 1.165) is 22.2 Å². The van der Waals surface area contributed by atoms with Crippen molar-refractivity contribution in [2.75, 3.05) is 27.2 Å². The van der Waals surface area contributed by atoms with Crippen LogP contribution in [0.15, 0.2) is 77.1 Å². The third-order valence-electron chi connectivity index (χ3n) is 4.80. The number of ether oxygens (including phenoxy) is 1. The predicted molar refractivity (Wildman–Crippen MR) is 122 cm³/mol. The van der Waals surface area contributed by atoms with Gasteiger partial charge in [0.05, 0.1) is 15.8 Å². The third kappa shape index (κ3) is 3.92. The van der Waals surface area contributed by atoms with Crippen molar-refractivity contribution >= 4 is 32.9 Å². The van der Waals surface area contributed by atoms with Gasteiger partial charge in [-0.2, -0.15) is 0 Å². The Morgan fingerprint density at radius 3 is 2.70 bits per heavy atom. The molecular formula is C24H22N2O3S. The van der Waals surface area contributed by atoms with Gasteiger partial charge >= 0.3 is 5.97 Å². The standard InChI is InChI=1S/C24H22N2O3S/c1-25(2)12-6-7-14-29-24(28)20-16-19(17-8-4-3-5-9-17)23(27)26-13-10-18-11-15-30-22(18)21(20)26/h3-11,13,15-16H,12,14H2,1-2H3. The normalized spacial score (nSPS) is 11.7. The lowest BCUT2D eigenvalue weighted by atomic mass is 10.0. The molecule has 3 aromatic heterocycles. The molecule has 3 heterocycles. The number of fused-ring (bicyclic) bond motifs is 3. The van der Waals surface area contributed by atoms with Gasteiger partial charge in [0, 0.05) is 18.3 Å². The quantitative estimate of drug-likeness (QED) is 0.343. The van der Waals surface area contributed by atoms with Crippen LogP contribution in [-0.2, 0) is 4.74 Å². The molecule has 0 amide bonds. The topological polar surface area (TPSA) is 51.0 Å². The summed E-state index contributed by atoms with van der Waals surface area (Å²) in [7, 11) is 3.95. The number of hydrogen-bond acceptors (Lipinski definition) is 5. The molecule has 0 saturated carbocycles. The molecule has 0 N–H and O–H groups in total. The molecule has 0 aliphatic heterocycles. The molecule has 6 heteroatoms. The van der Waals surface area contributed by atoms with Crippen LogP contribution >= 0.6 is 11.3 Å². The molecule has 0 fully saturated rings. The molecule has 1 aromatic carbocycles. The van der Waals surface area contributed by atoms with Gasteiger partial charge in [-0.15, -0.1) is 11.3 Å². The van der Waals surface area contributed by atoms with E-state index in [1.807, 2.05) is 79.0 Å². The molecular weight excluding hydrogens is 396 g/mol. The number of esters is 1. The average Bonchev–Trinajstić information content (AvgIpc) is 3.23. The van der Waals surface area contributed by atoms with Gasteiger partial charge in [-0.25, -0.2) is 4.79 Å². The Morgan fingerprint density at radius 1 is 1.13 bits per heavy atom. The Bertz CT molecular complexity index is 1290. The van der Waals surface area contributed by atoms with E-state index in [1.54, 1.807) is 16.7 Å². The van der Waals surface area contributed by atoms with E-state index in [4.69, 9.17) is 4.74 Å². The van der Waals surface area contributed by atoms with Crippen molar-refractivity contribution in [3.05, 3.63) is 88.2 Å². The van der Waals surface area contributed by atoms with Crippen LogP contribution in [0.3, 0.4) is 0 Å². The number of carbonyl (C=O) groups excluding carboxylic acids is 1. The zero-order valence-electron chi connectivity index (χ0n) is 16.9. The molecule has 0 saturated heterocycles. The minimum absolute atomic E-state index is 0.158. The van der Waals surface area contributed by atoms with Crippen LogP contribution in [0.4, 0.5) is 0 Å². The van der Waals surface area contributed by atoms with Crippen LogP contribution < -0.4 is 5.56 Å². The first kappa shape index (κ1) is 20.1. The maximum atomic E-state index is 13.2. The molecule has 30 heavy (non-hydrogen) atoms. The lowest BCUT2D eigenvalue weighted by Crippen LogP contribution is -2.19. The fraction of sp³-hybridized carbons (Fsp3) is 0.167. The third-order valence-corrected chi connectivity index (χ3v) is 5.74. The summed E-state index contributed by atoms with van der Waals surface area (Å²) in [5.41, 5.74) is 2.06. The highest BCUT2D eigenvalue weighted by Gasteiger charge is 2.19. The van der Waals surface area contributed by atoms with Gasteiger partial charge in [0.1, 0.15) is 6.61 Å². The summed E-state index contributed by atoms with van der Waals surface area (Å²) in [6.45, 7) is 0.953. The van der Waals surface area contributed by atoms with Crippen molar-refractivity contribution in [3.63, 3.8) is 0 Å². The van der Waals surface area contributed by atoms with Gasteiger partial charge in [-0.05, 0) is 54.7 Å². The molecule has 0 spiro atoms. The number of aromatic nitrogens is 1. The van der Waals surface area contributed by atoms with E-state index in [9.17, 15) is 9.59 Å². The Hall–Kier alpha value is -3.22. The van der Waals surface area contributed by atoms with Crippen LogP contribution in [0.2, 0.25) is 0 Å². The number of benzene rings is 1. The average molecular weight is 419 g/mol. The molecule has 0 atom stereocenters. The first-order valence-electron chi connectivity index (χ1n) is 9.64. The zero-order valence-corrected chi connectivity index (χ0v) is 17.7. The Balaban J connectivity index is 1.83. The van der Waals surface area contributed by atoms with Crippen LogP contribution in [0.5, 0.6) is 0 Å². The lowest BCUT2D eigenvalue weighted by molar-refractivity contribution is 0.0551. The van der Waals surface area contributed by atoms with Gasteiger partial charge in [0.15, 0.2) is 0 Å². The first-order valence-corrected chi connectivity index (χ1v) is 10.5. The largest absolute Gasteiger partial charge is 0.458 e. The highest BCUT2D eigenvalue weighted by molar-refractivity contribution is 7.18. The maximum absolute atomic E-state index is 13.2. The van der Waals surface area contributed by atoms with Crippen molar-refractivity contribution < 1.29 is 9.53 Å². The van der Waals surface area contributed by atoms with E-state index in [-0.39, 0.29) is 12.2 Å². The van der Waals surface area contributed by atoms with Gasteiger partial charge in [0.25, 0.3) is 5.56 Å². The summed E-state index contributed by atoms with van der Waals surface area (Å²) in [4.78, 5) is 28.3. The van der Waals surface area contributed by atoms with Crippen LogP contribution in [-0.4, -0.2) is 42.5 Å². The monoisotopic (exact) mass is 418 g/mol. The van der Waals surface area contributed by atoms with Gasteiger partial charge in [0.2, 0.25) is 0 Å². The first-order chi connectivity index (χ1) is 14.6. The van der Waals surface area contributed by atoms with E-state index in [0.29, 0.717) is 16.6 Å². The van der Waals surface area contributed by atoms with E-state index in [2.05, 4.69) is 0 Å². The lowest BCUT2D eigenvalue weighted by Gasteiger charge is -2.12. The van der Waals surface area contributed by atoms with Crippen molar-refractivity contribution in [1.29, 1.82) is 0 Å². The molecule has 0 radical (unpaired) electrons. The SMILES string of the molecule is CN(C)CC=CCOC(=O)c1cc(-c2ccccc2)c(=O)n2ccc3ccsc3c12. The summed E-state index contributed by atoms with van der Waals surface area (Å²) in [6.07, 6.45) is 5.51. The molecule has 0 bridgehead atoms. The summed E-state index contributed by atoms with van der Waals surface area (Å²) in [5, 5.41) is 2.95. The molecule has 0 unspecified atom stereocenters. The smallest absolute Gasteiger partial charge is 0.340 e. The molecule has 5 nitrogen and oxygen atoms in total. The predicted octanol–water partition coefficient (Wildman–Crippen LogP) is 4.46. The summed E-state index contributed by atoms with van der Waals surface area (Å²) in [5.74, 6) is -0.444. The zero-order chi connectivity index (χ0) is 21.1. The molecule has 4 rings (SSSR count). The van der Waals surface area contributed by atoms with Crippen LogP contribution in [0.1, 0.15) is 10.4 Å². The second kappa shape index (κ2) is 8.65. The second-order valence-electron chi connectivity index (χ2n) is 7.21.